The molecule has 37 heavy (non-hydrogen) atoms. The number of unbranched alkanes of at least 4 members (excludes halogenated alkanes) is 13. The zero-order chi connectivity index (χ0) is 27.6. The van der Waals surface area contributed by atoms with E-state index in [2.05, 4.69) is 27.7 Å². The summed E-state index contributed by atoms with van der Waals surface area (Å²) in [6.45, 7) is 8.58. The summed E-state index contributed by atoms with van der Waals surface area (Å²) in [5, 5.41) is 0. The Labute approximate surface area is 228 Å². The molecule has 6 nitrogen and oxygen atoms in total. The minimum absolute atomic E-state index is 0.0707. The first-order valence-corrected chi connectivity index (χ1v) is 15.4. The minimum Gasteiger partial charge on any atom is -0.462 e. The third kappa shape index (κ3) is 25.8. The number of rotatable bonds is 26. The summed E-state index contributed by atoms with van der Waals surface area (Å²) in [6.07, 6.45) is 18.9. The van der Waals surface area contributed by atoms with E-state index in [-0.39, 0.29) is 31.1 Å². The van der Waals surface area contributed by atoms with E-state index in [4.69, 9.17) is 14.2 Å². The first-order valence-electron chi connectivity index (χ1n) is 15.4. The van der Waals surface area contributed by atoms with Gasteiger partial charge in [-0.25, -0.2) is 0 Å². The number of hydrogen-bond donors (Lipinski definition) is 0. The van der Waals surface area contributed by atoms with Gasteiger partial charge in [0.05, 0.1) is 0 Å². The van der Waals surface area contributed by atoms with E-state index in [1.165, 1.54) is 51.4 Å². The monoisotopic (exact) mass is 526 g/mol. The molecular weight excluding hydrogens is 468 g/mol. The topological polar surface area (TPSA) is 78.9 Å². The second kappa shape index (κ2) is 26.0. The molecule has 1 unspecified atom stereocenters. The van der Waals surface area contributed by atoms with Gasteiger partial charge in [-0.15, -0.1) is 0 Å². The van der Waals surface area contributed by atoms with Gasteiger partial charge in [0.25, 0.3) is 0 Å². The van der Waals surface area contributed by atoms with Gasteiger partial charge in [0.15, 0.2) is 6.10 Å². The lowest BCUT2D eigenvalue weighted by Gasteiger charge is -2.18. The fourth-order valence-electron chi connectivity index (χ4n) is 4.15. The standard InChI is InChI=1S/C31H58O6/c1-5-7-9-11-13-15-17-22-29(32)35-25-28(26-36-30(33)23-20-19-21-27(3)4)37-31(34)24-18-16-14-12-10-8-6-2/h27-28H,5-26H2,1-4H3. The van der Waals surface area contributed by atoms with Crippen molar-refractivity contribution in [3.8, 4) is 0 Å². The number of hydrogen-bond acceptors (Lipinski definition) is 6. The summed E-state index contributed by atoms with van der Waals surface area (Å²) < 4.78 is 16.3. The quantitative estimate of drug-likeness (QED) is 0.0639. The smallest absolute Gasteiger partial charge is 0.306 e. The van der Waals surface area contributed by atoms with Crippen LogP contribution >= 0.6 is 0 Å². The van der Waals surface area contributed by atoms with Crippen LogP contribution in [0.1, 0.15) is 156 Å². The van der Waals surface area contributed by atoms with Crippen molar-refractivity contribution in [2.24, 2.45) is 5.92 Å². The molecule has 0 fully saturated rings. The number of carbonyl (C=O) groups is 3. The predicted molar refractivity (Wildman–Crippen MR) is 150 cm³/mol. The van der Waals surface area contributed by atoms with E-state index in [0.717, 1.165) is 57.8 Å². The van der Waals surface area contributed by atoms with Gasteiger partial charge in [0.1, 0.15) is 13.2 Å². The SMILES string of the molecule is CCCCCCCCCC(=O)OCC(COC(=O)CCCCC(C)C)OC(=O)CCCCCCCCC. The Bertz CT molecular complexity index is 560. The van der Waals surface area contributed by atoms with Crippen molar-refractivity contribution in [3.63, 3.8) is 0 Å². The number of carbonyl (C=O) groups excluding carboxylic acids is 3. The molecule has 6 heteroatoms. The zero-order valence-corrected chi connectivity index (χ0v) is 24.7. The Kier molecular flexibility index (Phi) is 24.9. The Morgan fingerprint density at radius 3 is 1.32 bits per heavy atom. The molecule has 0 heterocycles. The summed E-state index contributed by atoms with van der Waals surface area (Å²) in [7, 11) is 0. The van der Waals surface area contributed by atoms with Gasteiger partial charge < -0.3 is 14.2 Å². The van der Waals surface area contributed by atoms with Gasteiger partial charge in [-0.1, -0.05) is 118 Å². The van der Waals surface area contributed by atoms with Crippen LogP contribution in [0.2, 0.25) is 0 Å². The van der Waals surface area contributed by atoms with Gasteiger partial charge in [-0.2, -0.15) is 0 Å². The van der Waals surface area contributed by atoms with Crippen molar-refractivity contribution in [3.05, 3.63) is 0 Å². The Hall–Kier alpha value is -1.59. The average molecular weight is 527 g/mol. The Morgan fingerprint density at radius 2 is 0.892 bits per heavy atom. The van der Waals surface area contributed by atoms with Gasteiger partial charge in [0.2, 0.25) is 0 Å². The highest BCUT2D eigenvalue weighted by atomic mass is 16.6. The minimum atomic E-state index is -0.755. The third-order valence-corrected chi connectivity index (χ3v) is 6.54. The van der Waals surface area contributed by atoms with Gasteiger partial charge in [-0.3, -0.25) is 14.4 Å². The summed E-state index contributed by atoms with van der Waals surface area (Å²) in [5.74, 6) is -0.297. The maximum Gasteiger partial charge on any atom is 0.306 e. The fourth-order valence-corrected chi connectivity index (χ4v) is 4.15. The highest BCUT2D eigenvalue weighted by molar-refractivity contribution is 5.71. The van der Waals surface area contributed by atoms with Crippen LogP contribution in [0.5, 0.6) is 0 Å². The van der Waals surface area contributed by atoms with E-state index < -0.39 is 6.10 Å². The summed E-state index contributed by atoms with van der Waals surface area (Å²) in [6, 6.07) is 0. The van der Waals surface area contributed by atoms with Crippen molar-refractivity contribution in [1.29, 1.82) is 0 Å². The van der Waals surface area contributed by atoms with Crippen molar-refractivity contribution < 1.29 is 28.6 Å². The maximum atomic E-state index is 12.4. The van der Waals surface area contributed by atoms with Gasteiger partial charge in [0, 0.05) is 19.3 Å². The van der Waals surface area contributed by atoms with Crippen LogP contribution in [0, 0.1) is 5.92 Å². The second-order valence-corrected chi connectivity index (χ2v) is 10.9. The van der Waals surface area contributed by atoms with E-state index in [9.17, 15) is 14.4 Å². The van der Waals surface area contributed by atoms with Crippen molar-refractivity contribution >= 4 is 17.9 Å². The van der Waals surface area contributed by atoms with E-state index in [1.54, 1.807) is 0 Å². The molecule has 0 aromatic heterocycles. The highest BCUT2D eigenvalue weighted by Gasteiger charge is 2.19. The lowest BCUT2D eigenvalue weighted by molar-refractivity contribution is -0.167. The molecule has 0 saturated carbocycles. The molecule has 218 valence electrons. The molecule has 0 spiro atoms. The maximum absolute atomic E-state index is 12.4. The lowest BCUT2D eigenvalue weighted by atomic mass is 10.1. The molecule has 0 aliphatic rings. The number of ether oxygens (including phenoxy) is 3. The zero-order valence-electron chi connectivity index (χ0n) is 24.7. The predicted octanol–water partition coefficient (Wildman–Crippen LogP) is 8.48. The first-order chi connectivity index (χ1) is 17.9. The van der Waals surface area contributed by atoms with Gasteiger partial charge in [-0.05, 0) is 25.2 Å². The van der Waals surface area contributed by atoms with Crippen molar-refractivity contribution in [2.75, 3.05) is 13.2 Å². The van der Waals surface area contributed by atoms with Crippen molar-refractivity contribution in [2.45, 2.75) is 162 Å². The molecule has 0 aliphatic heterocycles. The molecule has 0 N–H and O–H groups in total. The van der Waals surface area contributed by atoms with Crippen LogP contribution in [0.4, 0.5) is 0 Å². The Balaban J connectivity index is 4.37. The molecule has 0 radical (unpaired) electrons. The van der Waals surface area contributed by atoms with Crippen LogP contribution in [0.15, 0.2) is 0 Å². The van der Waals surface area contributed by atoms with Gasteiger partial charge >= 0.3 is 17.9 Å². The van der Waals surface area contributed by atoms with Crippen LogP contribution < -0.4 is 0 Å². The molecule has 0 aromatic carbocycles. The second-order valence-electron chi connectivity index (χ2n) is 10.9. The van der Waals surface area contributed by atoms with Crippen LogP contribution in [0.3, 0.4) is 0 Å². The normalized spacial score (nSPS) is 11.9. The van der Waals surface area contributed by atoms with E-state index in [0.29, 0.717) is 25.2 Å². The molecule has 1 atom stereocenters. The summed E-state index contributed by atoms with van der Waals surface area (Å²) in [4.78, 5) is 36.7. The van der Waals surface area contributed by atoms with E-state index in [1.807, 2.05) is 0 Å². The lowest BCUT2D eigenvalue weighted by Crippen LogP contribution is -2.30. The largest absolute Gasteiger partial charge is 0.462 e. The molecular formula is C31H58O6. The van der Waals surface area contributed by atoms with Crippen LogP contribution in [-0.2, 0) is 28.6 Å². The Morgan fingerprint density at radius 1 is 0.514 bits per heavy atom. The molecule has 0 saturated heterocycles. The molecule has 0 bridgehead atoms. The van der Waals surface area contributed by atoms with Crippen LogP contribution in [-0.4, -0.2) is 37.2 Å². The first kappa shape index (κ1) is 35.4. The molecule has 0 aromatic rings. The summed E-state index contributed by atoms with van der Waals surface area (Å²) in [5.41, 5.74) is 0. The fraction of sp³-hybridized carbons (Fsp3) is 0.903. The molecule has 0 amide bonds. The molecule has 0 rings (SSSR count). The third-order valence-electron chi connectivity index (χ3n) is 6.54. The van der Waals surface area contributed by atoms with Crippen molar-refractivity contribution in [1.82, 2.24) is 0 Å². The van der Waals surface area contributed by atoms with Crippen LogP contribution in [0.25, 0.3) is 0 Å². The average Bonchev–Trinajstić information content (AvgIpc) is 2.87. The summed E-state index contributed by atoms with van der Waals surface area (Å²) >= 11 is 0. The number of esters is 3. The highest BCUT2D eigenvalue weighted by Crippen LogP contribution is 2.12. The molecule has 0 aliphatic carbocycles. The van der Waals surface area contributed by atoms with E-state index >= 15 is 0 Å².